The molecule has 0 spiro atoms. The minimum absolute atomic E-state index is 0.234. The summed E-state index contributed by atoms with van der Waals surface area (Å²) in [4.78, 5) is 18.0. The van der Waals surface area contributed by atoms with E-state index in [1.807, 2.05) is 30.1 Å². The van der Waals surface area contributed by atoms with Crippen molar-refractivity contribution in [3.05, 3.63) is 41.7 Å². The average Bonchev–Trinajstić information content (AvgIpc) is 2.97. The third-order valence-corrected chi connectivity index (χ3v) is 3.72. The molecule has 0 fully saturated rings. The summed E-state index contributed by atoms with van der Waals surface area (Å²) in [5.41, 5.74) is 1.26. The molecule has 3 aromatic rings. The van der Waals surface area contributed by atoms with Crippen LogP contribution < -0.4 is 10.2 Å². The van der Waals surface area contributed by atoms with Crippen molar-refractivity contribution in [2.24, 2.45) is 0 Å². The number of nitrogens with zero attached hydrogens (tertiary/aromatic N) is 5. The van der Waals surface area contributed by atoms with Crippen LogP contribution in [0.1, 0.15) is 13.8 Å². The van der Waals surface area contributed by atoms with Gasteiger partial charge in [0.15, 0.2) is 5.82 Å². The van der Waals surface area contributed by atoms with Gasteiger partial charge in [-0.2, -0.15) is 0 Å². The number of hydrogen-bond acceptors (Lipinski definition) is 6. The number of para-hydroxylation sites is 1. The molecule has 0 aliphatic heterocycles. The van der Waals surface area contributed by atoms with Gasteiger partial charge in [0.1, 0.15) is 0 Å². The number of ether oxygens (including phenoxy) is 1. The maximum Gasteiger partial charge on any atom is 0.414 e. The van der Waals surface area contributed by atoms with Gasteiger partial charge in [0.2, 0.25) is 11.6 Å². The van der Waals surface area contributed by atoms with Gasteiger partial charge in [-0.15, -0.1) is 10.2 Å². The molecule has 130 valence electrons. The SMILES string of the molecule is CC(C)OC(=O)Nc1nnc2c(N(C)c3ccccc3Cl)nccn12. The Hall–Kier alpha value is -2.87. The van der Waals surface area contributed by atoms with E-state index in [4.69, 9.17) is 16.3 Å². The third-order valence-electron chi connectivity index (χ3n) is 3.40. The summed E-state index contributed by atoms with van der Waals surface area (Å²) in [7, 11) is 1.83. The average molecular weight is 361 g/mol. The van der Waals surface area contributed by atoms with Crippen molar-refractivity contribution in [1.82, 2.24) is 19.6 Å². The van der Waals surface area contributed by atoms with E-state index in [0.29, 0.717) is 16.5 Å². The van der Waals surface area contributed by atoms with Crippen LogP contribution in [0, 0.1) is 0 Å². The van der Waals surface area contributed by atoms with Crippen LogP contribution in [0.25, 0.3) is 5.65 Å². The quantitative estimate of drug-likeness (QED) is 0.766. The van der Waals surface area contributed by atoms with Crippen molar-refractivity contribution < 1.29 is 9.53 Å². The summed E-state index contributed by atoms with van der Waals surface area (Å²) in [6.07, 6.45) is 2.42. The Kier molecular flexibility index (Phi) is 4.71. The number of carbonyl (C=O) groups excluding carboxylic acids is 1. The van der Waals surface area contributed by atoms with Crippen LogP contribution in [0.3, 0.4) is 0 Å². The van der Waals surface area contributed by atoms with Crippen molar-refractivity contribution in [3.63, 3.8) is 0 Å². The molecule has 0 saturated carbocycles. The molecule has 0 aliphatic rings. The van der Waals surface area contributed by atoms with Crippen LogP contribution in [-0.2, 0) is 4.74 Å². The van der Waals surface area contributed by atoms with Crippen LogP contribution in [0.2, 0.25) is 5.02 Å². The highest BCUT2D eigenvalue weighted by molar-refractivity contribution is 6.33. The van der Waals surface area contributed by atoms with Gasteiger partial charge in [0.05, 0.1) is 16.8 Å². The highest BCUT2D eigenvalue weighted by atomic mass is 35.5. The van der Waals surface area contributed by atoms with E-state index in [1.54, 1.807) is 36.7 Å². The van der Waals surface area contributed by atoms with Gasteiger partial charge >= 0.3 is 6.09 Å². The first kappa shape index (κ1) is 17.0. The molecule has 0 bridgehead atoms. The zero-order valence-corrected chi connectivity index (χ0v) is 14.7. The van der Waals surface area contributed by atoms with E-state index in [1.165, 1.54) is 0 Å². The summed E-state index contributed by atoms with van der Waals surface area (Å²) >= 11 is 6.26. The second kappa shape index (κ2) is 6.94. The topological polar surface area (TPSA) is 84.6 Å². The zero-order valence-electron chi connectivity index (χ0n) is 14.0. The number of halogens is 1. The number of rotatable bonds is 4. The molecule has 1 amide bonds. The molecule has 0 aliphatic carbocycles. The van der Waals surface area contributed by atoms with E-state index in [-0.39, 0.29) is 12.1 Å². The molecule has 0 unspecified atom stereocenters. The van der Waals surface area contributed by atoms with E-state index in [0.717, 1.165) is 5.69 Å². The summed E-state index contributed by atoms with van der Waals surface area (Å²) in [6, 6.07) is 7.42. The molecule has 3 rings (SSSR count). The lowest BCUT2D eigenvalue weighted by molar-refractivity contribution is 0.129. The van der Waals surface area contributed by atoms with Crippen molar-refractivity contribution in [2.45, 2.75) is 20.0 Å². The van der Waals surface area contributed by atoms with Crippen molar-refractivity contribution in [2.75, 3.05) is 17.3 Å². The van der Waals surface area contributed by atoms with Crippen LogP contribution in [0.15, 0.2) is 36.7 Å². The first-order valence-corrected chi connectivity index (χ1v) is 8.01. The first-order chi connectivity index (χ1) is 12.0. The summed E-state index contributed by atoms with van der Waals surface area (Å²) in [5.74, 6) is 0.797. The van der Waals surface area contributed by atoms with Gasteiger partial charge in [-0.3, -0.25) is 9.72 Å². The van der Waals surface area contributed by atoms with Crippen molar-refractivity contribution >= 4 is 40.8 Å². The van der Waals surface area contributed by atoms with E-state index in [9.17, 15) is 4.79 Å². The normalized spacial score (nSPS) is 10.9. The fourth-order valence-electron chi connectivity index (χ4n) is 2.31. The van der Waals surface area contributed by atoms with Crippen LogP contribution in [0.5, 0.6) is 0 Å². The Balaban J connectivity index is 1.96. The zero-order chi connectivity index (χ0) is 18.0. The number of benzene rings is 1. The minimum Gasteiger partial charge on any atom is -0.447 e. The summed E-state index contributed by atoms with van der Waals surface area (Å²) in [6.45, 7) is 3.53. The van der Waals surface area contributed by atoms with Gasteiger partial charge in [-0.05, 0) is 26.0 Å². The predicted molar refractivity (Wildman–Crippen MR) is 95.5 cm³/mol. The number of anilines is 3. The molecular formula is C16H17ClN6O2. The molecule has 0 radical (unpaired) electrons. The number of fused-ring (bicyclic) bond motifs is 1. The molecule has 0 atom stereocenters. The number of carbonyl (C=O) groups is 1. The van der Waals surface area contributed by atoms with Gasteiger partial charge in [-0.25, -0.2) is 9.78 Å². The van der Waals surface area contributed by atoms with Crippen LogP contribution in [0.4, 0.5) is 22.2 Å². The van der Waals surface area contributed by atoms with E-state index < -0.39 is 6.09 Å². The van der Waals surface area contributed by atoms with Gasteiger partial charge in [0.25, 0.3) is 0 Å². The second-order valence-electron chi connectivity index (χ2n) is 5.56. The molecule has 0 saturated heterocycles. The summed E-state index contributed by atoms with van der Waals surface area (Å²) < 4.78 is 6.68. The first-order valence-electron chi connectivity index (χ1n) is 7.63. The highest BCUT2D eigenvalue weighted by Gasteiger charge is 2.18. The Labute approximate surface area is 149 Å². The fourth-order valence-corrected chi connectivity index (χ4v) is 2.57. The van der Waals surface area contributed by atoms with E-state index in [2.05, 4.69) is 20.5 Å². The Bertz CT molecular complexity index is 911. The monoisotopic (exact) mass is 360 g/mol. The summed E-state index contributed by atoms with van der Waals surface area (Å²) in [5, 5.41) is 11.3. The number of hydrogen-bond donors (Lipinski definition) is 1. The number of nitrogens with one attached hydrogen (secondary N) is 1. The lowest BCUT2D eigenvalue weighted by atomic mass is 10.3. The van der Waals surface area contributed by atoms with Gasteiger partial charge < -0.3 is 9.64 Å². The number of aromatic nitrogens is 4. The number of amides is 1. The van der Waals surface area contributed by atoms with Crippen LogP contribution >= 0.6 is 11.6 Å². The molecule has 8 nitrogen and oxygen atoms in total. The smallest absolute Gasteiger partial charge is 0.414 e. The standard InChI is InChI=1S/C16H17ClN6O2/c1-10(2)25-16(24)19-15-21-20-14-13(18-8-9-23(14)15)22(3)12-7-5-4-6-11(12)17/h4-10H,1-3H3,(H,19,21,24). The van der Waals surface area contributed by atoms with Gasteiger partial charge in [0, 0.05) is 19.4 Å². The van der Waals surface area contributed by atoms with Crippen LogP contribution in [-0.4, -0.2) is 38.8 Å². The third kappa shape index (κ3) is 3.48. The molecule has 1 N–H and O–H groups in total. The lowest BCUT2D eigenvalue weighted by Crippen LogP contribution is -2.19. The highest BCUT2D eigenvalue weighted by Crippen LogP contribution is 2.31. The minimum atomic E-state index is -0.595. The molecular weight excluding hydrogens is 344 g/mol. The molecule has 25 heavy (non-hydrogen) atoms. The Morgan fingerprint density at radius 1 is 1.32 bits per heavy atom. The molecule has 2 heterocycles. The fraction of sp³-hybridized carbons (Fsp3) is 0.250. The maximum atomic E-state index is 11.8. The maximum absolute atomic E-state index is 11.8. The second-order valence-corrected chi connectivity index (χ2v) is 5.96. The van der Waals surface area contributed by atoms with Crippen molar-refractivity contribution in [3.8, 4) is 0 Å². The Morgan fingerprint density at radius 2 is 2.08 bits per heavy atom. The largest absolute Gasteiger partial charge is 0.447 e. The molecule has 2 aromatic heterocycles. The Morgan fingerprint density at radius 3 is 2.80 bits per heavy atom. The molecule has 1 aromatic carbocycles. The van der Waals surface area contributed by atoms with Crippen molar-refractivity contribution in [1.29, 1.82) is 0 Å². The predicted octanol–water partition coefficient (Wildman–Crippen LogP) is 3.50. The van der Waals surface area contributed by atoms with E-state index >= 15 is 0 Å². The molecule has 9 heteroatoms. The lowest BCUT2D eigenvalue weighted by Gasteiger charge is -2.19. The van der Waals surface area contributed by atoms with Gasteiger partial charge in [-0.1, -0.05) is 23.7 Å².